The fraction of sp³-hybridized carbons (Fsp3) is 0.636. The molecule has 0 aromatic carbocycles. The van der Waals surface area contributed by atoms with E-state index < -0.39 is 0 Å². The maximum atomic E-state index is 13.3. The molecule has 1 aliphatic carbocycles. The molecule has 1 atom stereocenters. The zero-order chi connectivity index (χ0) is 9.14. The quantitative estimate of drug-likeness (QED) is 0.587. The summed E-state index contributed by atoms with van der Waals surface area (Å²) < 4.78 is 13.3. The van der Waals surface area contributed by atoms with E-state index in [1.165, 1.54) is 0 Å². The SMILES string of the molecule is CC(C)[C@@H](C)C1=C(F)CCC=C1. The molecule has 0 amide bonds. The van der Waals surface area contributed by atoms with E-state index in [4.69, 9.17) is 0 Å². The van der Waals surface area contributed by atoms with Crippen molar-refractivity contribution in [2.24, 2.45) is 11.8 Å². The van der Waals surface area contributed by atoms with Crippen LogP contribution in [0.2, 0.25) is 0 Å². The molecule has 0 bridgehead atoms. The fourth-order valence-corrected chi connectivity index (χ4v) is 1.41. The molecule has 0 spiro atoms. The van der Waals surface area contributed by atoms with Gasteiger partial charge in [0, 0.05) is 6.42 Å². The zero-order valence-electron chi connectivity index (χ0n) is 8.10. The van der Waals surface area contributed by atoms with Crippen molar-refractivity contribution in [3.63, 3.8) is 0 Å². The van der Waals surface area contributed by atoms with Gasteiger partial charge < -0.3 is 0 Å². The molecule has 1 heteroatoms. The van der Waals surface area contributed by atoms with Crippen LogP contribution in [0, 0.1) is 11.8 Å². The minimum atomic E-state index is 0.0960. The molecule has 1 aliphatic rings. The molecule has 0 radical (unpaired) electrons. The topological polar surface area (TPSA) is 0 Å². The number of hydrogen-bond acceptors (Lipinski definition) is 0. The summed E-state index contributed by atoms with van der Waals surface area (Å²) in [6.45, 7) is 6.36. The average Bonchev–Trinajstić information content (AvgIpc) is 2.04. The first-order valence-electron chi connectivity index (χ1n) is 4.68. The van der Waals surface area contributed by atoms with E-state index in [1.807, 2.05) is 6.08 Å². The molecular formula is C11H17F. The van der Waals surface area contributed by atoms with Crippen molar-refractivity contribution in [3.05, 3.63) is 23.6 Å². The van der Waals surface area contributed by atoms with Gasteiger partial charge in [0.1, 0.15) is 5.83 Å². The first-order valence-corrected chi connectivity index (χ1v) is 4.68. The lowest BCUT2D eigenvalue weighted by molar-refractivity contribution is 0.457. The molecule has 0 aromatic rings. The molecule has 68 valence electrons. The lowest BCUT2D eigenvalue weighted by Crippen LogP contribution is -2.08. The van der Waals surface area contributed by atoms with Crippen molar-refractivity contribution in [1.82, 2.24) is 0 Å². The number of rotatable bonds is 2. The molecule has 0 aliphatic heterocycles. The van der Waals surface area contributed by atoms with Gasteiger partial charge in [0.05, 0.1) is 0 Å². The predicted octanol–water partition coefficient (Wildman–Crippen LogP) is 3.85. The Balaban J connectivity index is 2.78. The van der Waals surface area contributed by atoms with Gasteiger partial charge >= 0.3 is 0 Å². The highest BCUT2D eigenvalue weighted by Gasteiger charge is 2.16. The number of halogens is 1. The summed E-state index contributed by atoms with van der Waals surface area (Å²) in [4.78, 5) is 0. The summed E-state index contributed by atoms with van der Waals surface area (Å²) >= 11 is 0. The van der Waals surface area contributed by atoms with Gasteiger partial charge in [-0.05, 0) is 23.8 Å². The summed E-state index contributed by atoms with van der Waals surface area (Å²) in [5.41, 5.74) is 0.913. The molecule has 0 nitrogen and oxygen atoms in total. The zero-order valence-corrected chi connectivity index (χ0v) is 8.10. The van der Waals surface area contributed by atoms with Gasteiger partial charge in [-0.1, -0.05) is 32.9 Å². The lowest BCUT2D eigenvalue weighted by Gasteiger charge is -2.20. The summed E-state index contributed by atoms with van der Waals surface area (Å²) in [7, 11) is 0. The molecule has 12 heavy (non-hydrogen) atoms. The second-order valence-corrected chi connectivity index (χ2v) is 3.83. The van der Waals surface area contributed by atoms with Gasteiger partial charge in [-0.15, -0.1) is 0 Å². The molecule has 0 fully saturated rings. The summed E-state index contributed by atoms with van der Waals surface area (Å²) in [6, 6.07) is 0. The number of hydrogen-bond donors (Lipinski definition) is 0. The van der Waals surface area contributed by atoms with Gasteiger partial charge in [-0.25, -0.2) is 4.39 Å². The average molecular weight is 168 g/mol. The van der Waals surface area contributed by atoms with Crippen LogP contribution in [-0.2, 0) is 0 Å². The first kappa shape index (κ1) is 9.50. The van der Waals surface area contributed by atoms with E-state index in [-0.39, 0.29) is 5.83 Å². The van der Waals surface area contributed by atoms with Crippen LogP contribution >= 0.6 is 0 Å². The smallest absolute Gasteiger partial charge is 0.104 e. The lowest BCUT2D eigenvalue weighted by atomic mass is 9.87. The molecule has 0 saturated carbocycles. The molecule has 0 unspecified atom stereocenters. The third kappa shape index (κ3) is 1.96. The summed E-state index contributed by atoms with van der Waals surface area (Å²) in [5, 5.41) is 0. The van der Waals surface area contributed by atoms with E-state index in [1.54, 1.807) is 0 Å². The van der Waals surface area contributed by atoms with E-state index in [0.717, 1.165) is 12.0 Å². The van der Waals surface area contributed by atoms with Crippen molar-refractivity contribution in [2.45, 2.75) is 33.6 Å². The third-order valence-corrected chi connectivity index (χ3v) is 2.63. The van der Waals surface area contributed by atoms with Crippen LogP contribution in [-0.4, -0.2) is 0 Å². The van der Waals surface area contributed by atoms with Gasteiger partial charge in [-0.3, -0.25) is 0 Å². The van der Waals surface area contributed by atoms with Crippen LogP contribution in [0.3, 0.4) is 0 Å². The Hall–Kier alpha value is -0.590. The third-order valence-electron chi connectivity index (χ3n) is 2.63. The summed E-state index contributed by atoms with van der Waals surface area (Å²) in [5.74, 6) is 0.966. The summed E-state index contributed by atoms with van der Waals surface area (Å²) in [6.07, 6.45) is 5.48. The van der Waals surface area contributed by atoms with Gasteiger partial charge in [-0.2, -0.15) is 0 Å². The Morgan fingerprint density at radius 1 is 1.33 bits per heavy atom. The Kier molecular flexibility index (Phi) is 3.07. The normalized spacial score (nSPS) is 20.4. The highest BCUT2D eigenvalue weighted by Crippen LogP contribution is 2.29. The molecule has 0 heterocycles. The molecular weight excluding hydrogens is 151 g/mol. The minimum Gasteiger partial charge on any atom is -0.212 e. The Bertz CT molecular complexity index is 211. The maximum absolute atomic E-state index is 13.3. The van der Waals surface area contributed by atoms with Crippen LogP contribution in [0.4, 0.5) is 4.39 Å². The van der Waals surface area contributed by atoms with E-state index in [0.29, 0.717) is 18.3 Å². The monoisotopic (exact) mass is 168 g/mol. The Labute approximate surface area is 74.2 Å². The molecule has 0 N–H and O–H groups in total. The van der Waals surface area contributed by atoms with Crippen molar-refractivity contribution >= 4 is 0 Å². The first-order chi connectivity index (χ1) is 5.63. The van der Waals surface area contributed by atoms with Gasteiger partial charge in [0.2, 0.25) is 0 Å². The molecule has 1 rings (SSSR count). The van der Waals surface area contributed by atoms with Crippen LogP contribution in [0.15, 0.2) is 23.6 Å². The van der Waals surface area contributed by atoms with Crippen molar-refractivity contribution in [3.8, 4) is 0 Å². The van der Waals surface area contributed by atoms with Crippen molar-refractivity contribution in [1.29, 1.82) is 0 Å². The Morgan fingerprint density at radius 3 is 2.50 bits per heavy atom. The van der Waals surface area contributed by atoms with E-state index in [9.17, 15) is 4.39 Å². The highest BCUT2D eigenvalue weighted by atomic mass is 19.1. The van der Waals surface area contributed by atoms with E-state index in [2.05, 4.69) is 26.8 Å². The van der Waals surface area contributed by atoms with Crippen LogP contribution in [0.5, 0.6) is 0 Å². The number of allylic oxidation sites excluding steroid dienone is 4. The predicted molar refractivity (Wildman–Crippen MR) is 50.5 cm³/mol. The van der Waals surface area contributed by atoms with Gasteiger partial charge in [0.25, 0.3) is 0 Å². The fourth-order valence-electron chi connectivity index (χ4n) is 1.41. The van der Waals surface area contributed by atoms with Crippen LogP contribution in [0.25, 0.3) is 0 Å². The largest absolute Gasteiger partial charge is 0.212 e. The second kappa shape index (κ2) is 3.88. The second-order valence-electron chi connectivity index (χ2n) is 3.83. The Morgan fingerprint density at radius 2 is 2.00 bits per heavy atom. The van der Waals surface area contributed by atoms with Crippen LogP contribution < -0.4 is 0 Å². The van der Waals surface area contributed by atoms with Crippen LogP contribution in [0.1, 0.15) is 33.6 Å². The standard InChI is InChI=1S/C11H17F/c1-8(2)9(3)10-6-4-5-7-11(10)12/h4,6,8-9H,5,7H2,1-3H3/t9-/m1/s1. The minimum absolute atomic E-state index is 0.0960. The van der Waals surface area contributed by atoms with Gasteiger partial charge in [0.15, 0.2) is 0 Å². The molecule has 0 saturated heterocycles. The van der Waals surface area contributed by atoms with Crippen molar-refractivity contribution in [2.75, 3.05) is 0 Å². The van der Waals surface area contributed by atoms with Crippen molar-refractivity contribution < 1.29 is 4.39 Å². The van der Waals surface area contributed by atoms with E-state index >= 15 is 0 Å². The highest BCUT2D eigenvalue weighted by molar-refractivity contribution is 5.28. The maximum Gasteiger partial charge on any atom is 0.104 e. The molecule has 0 aromatic heterocycles.